The number of benzene rings is 2. The van der Waals surface area contributed by atoms with Crippen LogP contribution in [-0.4, -0.2) is 30.5 Å². The summed E-state index contributed by atoms with van der Waals surface area (Å²) in [6, 6.07) is 18.2. The van der Waals surface area contributed by atoms with Crippen molar-refractivity contribution in [1.29, 1.82) is 0 Å². The molecule has 0 spiro atoms. The number of aromatic nitrogens is 1. The van der Waals surface area contributed by atoms with Gasteiger partial charge >= 0.3 is 0 Å². The number of sulfone groups is 1. The van der Waals surface area contributed by atoms with Gasteiger partial charge in [0.25, 0.3) is 5.56 Å². The van der Waals surface area contributed by atoms with Gasteiger partial charge in [0, 0.05) is 24.7 Å². The highest BCUT2D eigenvalue weighted by Gasteiger charge is 2.27. The molecule has 1 fully saturated rings. The minimum Gasteiger partial charge on any atom is -0.309 e. The first-order chi connectivity index (χ1) is 13.9. The smallest absolute Gasteiger partial charge is 0.255 e. The molecule has 152 valence electrons. The number of nitrogens with zero attached hydrogens (tertiary/aromatic N) is 1. The predicted octanol–water partition coefficient (Wildman–Crippen LogP) is 2.83. The van der Waals surface area contributed by atoms with Gasteiger partial charge in [-0.25, -0.2) is 8.42 Å². The van der Waals surface area contributed by atoms with E-state index in [2.05, 4.69) is 29.6 Å². The summed E-state index contributed by atoms with van der Waals surface area (Å²) in [5, 5.41) is 4.31. The summed E-state index contributed by atoms with van der Waals surface area (Å²) >= 11 is 0. The Balaban J connectivity index is 1.63. The molecule has 2 aromatic carbocycles. The lowest BCUT2D eigenvalue weighted by Crippen LogP contribution is -2.33. The van der Waals surface area contributed by atoms with E-state index in [4.69, 9.17) is 0 Å². The van der Waals surface area contributed by atoms with E-state index in [0.29, 0.717) is 25.1 Å². The zero-order chi connectivity index (χ0) is 20.4. The Hall–Kier alpha value is -2.44. The molecule has 3 aromatic rings. The quantitative estimate of drug-likeness (QED) is 0.679. The van der Waals surface area contributed by atoms with Crippen molar-refractivity contribution in [2.45, 2.75) is 38.9 Å². The maximum atomic E-state index is 13.3. The minimum atomic E-state index is -2.94. The summed E-state index contributed by atoms with van der Waals surface area (Å²) in [4.78, 5) is 13.3. The Labute approximate surface area is 171 Å². The van der Waals surface area contributed by atoms with Gasteiger partial charge in [0.15, 0.2) is 9.84 Å². The van der Waals surface area contributed by atoms with Crippen LogP contribution >= 0.6 is 0 Å². The van der Waals surface area contributed by atoms with Gasteiger partial charge in [-0.15, -0.1) is 0 Å². The second-order valence-corrected chi connectivity index (χ2v) is 10.1. The Morgan fingerprint density at radius 2 is 1.90 bits per heavy atom. The third kappa shape index (κ3) is 4.60. The lowest BCUT2D eigenvalue weighted by molar-refractivity contribution is 0.549. The highest BCUT2D eigenvalue weighted by Crippen LogP contribution is 2.18. The predicted molar refractivity (Wildman–Crippen MR) is 117 cm³/mol. The number of nitrogens with one attached hydrogen (secondary N) is 1. The molecule has 0 saturated carbocycles. The van der Waals surface area contributed by atoms with Crippen molar-refractivity contribution in [3.05, 3.63) is 81.6 Å². The van der Waals surface area contributed by atoms with E-state index in [1.165, 1.54) is 5.56 Å². The molecule has 1 N–H and O–H groups in total. The third-order valence-electron chi connectivity index (χ3n) is 5.61. The van der Waals surface area contributed by atoms with E-state index >= 15 is 0 Å². The maximum absolute atomic E-state index is 13.3. The first-order valence-electron chi connectivity index (χ1n) is 10.0. The van der Waals surface area contributed by atoms with Gasteiger partial charge in [-0.3, -0.25) is 4.79 Å². The SMILES string of the molecule is Cc1ccc2cc(CNC3CCS(=O)(=O)C3)c(=O)n(CCc3ccccc3)c2c1. The largest absolute Gasteiger partial charge is 0.309 e. The van der Waals surface area contributed by atoms with Crippen molar-refractivity contribution in [2.75, 3.05) is 11.5 Å². The number of hydrogen-bond acceptors (Lipinski definition) is 4. The fourth-order valence-electron chi connectivity index (χ4n) is 3.99. The zero-order valence-corrected chi connectivity index (χ0v) is 17.4. The van der Waals surface area contributed by atoms with Crippen LogP contribution in [-0.2, 0) is 29.3 Å². The molecule has 6 heteroatoms. The van der Waals surface area contributed by atoms with Gasteiger partial charge in [-0.2, -0.15) is 0 Å². The van der Waals surface area contributed by atoms with Crippen LogP contribution in [0.2, 0.25) is 0 Å². The molecule has 0 bridgehead atoms. The van der Waals surface area contributed by atoms with Gasteiger partial charge in [-0.05, 0) is 48.4 Å². The van der Waals surface area contributed by atoms with E-state index in [1.54, 1.807) is 0 Å². The molecule has 0 amide bonds. The second kappa shape index (κ2) is 8.13. The van der Waals surface area contributed by atoms with Crippen LogP contribution in [0.1, 0.15) is 23.1 Å². The van der Waals surface area contributed by atoms with E-state index in [-0.39, 0.29) is 23.1 Å². The fraction of sp³-hybridized carbons (Fsp3) is 0.348. The van der Waals surface area contributed by atoms with Gasteiger partial charge in [0.05, 0.1) is 17.0 Å². The first kappa shape index (κ1) is 19.9. The van der Waals surface area contributed by atoms with Crippen molar-refractivity contribution in [3.63, 3.8) is 0 Å². The first-order valence-corrected chi connectivity index (χ1v) is 11.8. The number of pyridine rings is 1. The van der Waals surface area contributed by atoms with E-state index < -0.39 is 9.84 Å². The topological polar surface area (TPSA) is 68.2 Å². The van der Waals surface area contributed by atoms with E-state index in [0.717, 1.165) is 22.9 Å². The minimum absolute atomic E-state index is 0.00705. The van der Waals surface area contributed by atoms with Crippen LogP contribution in [0, 0.1) is 6.92 Å². The summed E-state index contributed by atoms with van der Waals surface area (Å²) in [5.41, 5.74) is 3.93. The summed E-state index contributed by atoms with van der Waals surface area (Å²) in [5.74, 6) is 0.380. The number of aryl methyl sites for hydroxylation is 3. The molecule has 0 aliphatic carbocycles. The molecular formula is C23H26N2O3S. The summed E-state index contributed by atoms with van der Waals surface area (Å²) in [6.45, 7) is 3.02. The van der Waals surface area contributed by atoms with E-state index in [9.17, 15) is 13.2 Å². The van der Waals surface area contributed by atoms with Crippen LogP contribution < -0.4 is 10.9 Å². The number of rotatable bonds is 6. The molecule has 1 atom stereocenters. The molecule has 1 aliphatic rings. The van der Waals surface area contributed by atoms with Crippen LogP contribution in [0.15, 0.2) is 59.4 Å². The summed E-state index contributed by atoms with van der Waals surface area (Å²) < 4.78 is 25.2. The molecule has 1 unspecified atom stereocenters. The molecule has 5 nitrogen and oxygen atoms in total. The van der Waals surface area contributed by atoms with Crippen LogP contribution in [0.25, 0.3) is 10.9 Å². The Morgan fingerprint density at radius 3 is 2.62 bits per heavy atom. The highest BCUT2D eigenvalue weighted by atomic mass is 32.2. The molecular weight excluding hydrogens is 384 g/mol. The maximum Gasteiger partial charge on any atom is 0.255 e. The Kier molecular flexibility index (Phi) is 5.56. The third-order valence-corrected chi connectivity index (χ3v) is 7.37. The highest BCUT2D eigenvalue weighted by molar-refractivity contribution is 7.91. The van der Waals surface area contributed by atoms with Gasteiger partial charge < -0.3 is 9.88 Å². The van der Waals surface area contributed by atoms with Crippen molar-refractivity contribution in [2.24, 2.45) is 0 Å². The average Bonchev–Trinajstić information content (AvgIpc) is 3.05. The van der Waals surface area contributed by atoms with Gasteiger partial charge in [-0.1, -0.05) is 42.5 Å². The van der Waals surface area contributed by atoms with E-state index in [1.807, 2.05) is 41.8 Å². The van der Waals surface area contributed by atoms with Crippen molar-refractivity contribution < 1.29 is 8.42 Å². The molecule has 29 heavy (non-hydrogen) atoms. The van der Waals surface area contributed by atoms with Crippen LogP contribution in [0.3, 0.4) is 0 Å². The van der Waals surface area contributed by atoms with Crippen molar-refractivity contribution in [1.82, 2.24) is 9.88 Å². The Morgan fingerprint density at radius 1 is 1.10 bits per heavy atom. The van der Waals surface area contributed by atoms with Crippen LogP contribution in [0.4, 0.5) is 0 Å². The Bertz CT molecular complexity index is 1180. The summed E-state index contributed by atoms with van der Waals surface area (Å²) in [7, 11) is -2.94. The average molecular weight is 411 g/mol. The summed E-state index contributed by atoms with van der Waals surface area (Å²) in [6.07, 6.45) is 1.39. The fourth-order valence-corrected chi connectivity index (χ4v) is 5.69. The molecule has 1 saturated heterocycles. The van der Waals surface area contributed by atoms with Crippen LogP contribution in [0.5, 0.6) is 0 Å². The lowest BCUT2D eigenvalue weighted by Gasteiger charge is -2.16. The zero-order valence-electron chi connectivity index (χ0n) is 16.6. The molecule has 2 heterocycles. The van der Waals surface area contributed by atoms with Crippen molar-refractivity contribution >= 4 is 20.7 Å². The lowest BCUT2D eigenvalue weighted by atomic mass is 10.1. The normalized spacial score (nSPS) is 18.3. The standard InChI is InChI=1S/C23H26N2O3S/c1-17-7-8-19-14-20(15-24-21-10-12-29(27,28)16-21)23(26)25(22(19)13-17)11-9-18-5-3-2-4-6-18/h2-8,13-14,21,24H,9-12,15-16H2,1H3. The molecule has 4 rings (SSSR count). The molecule has 0 radical (unpaired) electrons. The monoisotopic (exact) mass is 410 g/mol. The van der Waals surface area contributed by atoms with Gasteiger partial charge in [0.2, 0.25) is 0 Å². The van der Waals surface area contributed by atoms with Gasteiger partial charge in [0.1, 0.15) is 0 Å². The molecule has 1 aromatic heterocycles. The van der Waals surface area contributed by atoms with Crippen molar-refractivity contribution in [3.8, 4) is 0 Å². The second-order valence-electron chi connectivity index (χ2n) is 7.91. The molecule has 1 aliphatic heterocycles. The number of hydrogen-bond donors (Lipinski definition) is 1. The number of fused-ring (bicyclic) bond motifs is 1.